The van der Waals surface area contributed by atoms with Gasteiger partial charge < -0.3 is 9.64 Å². The second-order valence-corrected chi connectivity index (χ2v) is 8.94. The van der Waals surface area contributed by atoms with E-state index in [1.54, 1.807) is 18.6 Å². The molecule has 0 spiro atoms. The Morgan fingerprint density at radius 3 is 2.66 bits per heavy atom. The summed E-state index contributed by atoms with van der Waals surface area (Å²) in [6.45, 7) is 2.07. The molecule has 2 aliphatic heterocycles. The van der Waals surface area contributed by atoms with E-state index in [1.165, 1.54) is 21.1 Å². The number of anilines is 3. The van der Waals surface area contributed by atoms with Crippen molar-refractivity contribution in [3.8, 4) is 18.1 Å². The summed E-state index contributed by atoms with van der Waals surface area (Å²) >= 11 is 1.18. The Morgan fingerprint density at radius 1 is 1.26 bits per heavy atom. The summed E-state index contributed by atoms with van der Waals surface area (Å²) in [6.07, 6.45) is 8.87. The maximum Gasteiger partial charge on any atom is 0.278 e. The Hall–Kier alpha value is -4.04. The zero-order valence-electron chi connectivity index (χ0n) is 18.8. The molecule has 2 aliphatic rings. The van der Waals surface area contributed by atoms with Crippen molar-refractivity contribution in [1.82, 2.24) is 15.0 Å². The maximum absolute atomic E-state index is 13.8. The monoisotopic (exact) mass is 492 g/mol. The van der Waals surface area contributed by atoms with Crippen LogP contribution < -0.4 is 19.4 Å². The number of methoxy groups -OCH3 is 1. The summed E-state index contributed by atoms with van der Waals surface area (Å²) in [5, 5.41) is 1.96. The third kappa shape index (κ3) is 4.28. The Labute approximate surface area is 205 Å². The molecule has 1 atom stereocenters. The van der Waals surface area contributed by atoms with Crippen LogP contribution in [-0.2, 0) is 4.79 Å². The lowest BCUT2D eigenvalue weighted by atomic mass is 10.1. The van der Waals surface area contributed by atoms with Gasteiger partial charge in [0.2, 0.25) is 5.95 Å². The highest BCUT2D eigenvalue weighted by Gasteiger charge is 2.42. The third-order valence-corrected chi connectivity index (χ3v) is 6.79. The zero-order chi connectivity index (χ0) is 24.5. The molecule has 0 bridgehead atoms. The summed E-state index contributed by atoms with van der Waals surface area (Å²) in [7, 11) is 1.55. The van der Waals surface area contributed by atoms with Crippen LogP contribution in [0.2, 0.25) is 0 Å². The lowest BCUT2D eigenvalue weighted by molar-refractivity contribution is -0.118. The van der Waals surface area contributed by atoms with Crippen molar-refractivity contribution >= 4 is 40.5 Å². The normalized spacial score (nSPS) is 17.2. The largest absolute Gasteiger partial charge is 0.497 e. The standard InChI is InChI=1S/C24H21FN6O3S/c1-3-21-28-19(14-35-21)22(32)31(17-9-16(29-6-4-7-29)10-18(11-17)34-2)20-5-8-30(23(20)33)24-26-12-15(25)13-27-24/h1,9-14,20H,4-8H2,2H3. The lowest BCUT2D eigenvalue weighted by Crippen LogP contribution is -2.46. The maximum atomic E-state index is 13.8. The van der Waals surface area contributed by atoms with E-state index in [0.29, 0.717) is 22.9 Å². The van der Waals surface area contributed by atoms with Gasteiger partial charge in [-0.25, -0.2) is 19.3 Å². The first-order valence-electron chi connectivity index (χ1n) is 11.0. The minimum Gasteiger partial charge on any atom is -0.497 e. The molecular formula is C24H21FN6O3S. The smallest absolute Gasteiger partial charge is 0.278 e. The number of hydrogen-bond donors (Lipinski definition) is 0. The molecule has 35 heavy (non-hydrogen) atoms. The van der Waals surface area contributed by atoms with E-state index in [1.807, 2.05) is 12.1 Å². The number of thiazole rings is 1. The molecule has 1 unspecified atom stereocenters. The number of carbonyl (C=O) groups excluding carboxylic acids is 2. The van der Waals surface area contributed by atoms with Gasteiger partial charge in [-0.2, -0.15) is 0 Å². The first kappa shape index (κ1) is 22.7. The van der Waals surface area contributed by atoms with E-state index in [2.05, 4.69) is 25.8 Å². The van der Waals surface area contributed by atoms with Crippen molar-refractivity contribution in [3.05, 3.63) is 52.5 Å². The molecule has 9 nitrogen and oxygen atoms in total. The summed E-state index contributed by atoms with van der Waals surface area (Å²) < 4.78 is 18.8. The number of nitrogens with zero attached hydrogens (tertiary/aromatic N) is 6. The highest BCUT2D eigenvalue weighted by Crippen LogP contribution is 2.35. The number of terminal acetylenes is 1. The van der Waals surface area contributed by atoms with Gasteiger partial charge in [-0.1, -0.05) is 0 Å². The van der Waals surface area contributed by atoms with Crippen molar-refractivity contribution in [2.45, 2.75) is 18.9 Å². The number of aromatic nitrogens is 3. The van der Waals surface area contributed by atoms with Gasteiger partial charge in [-0.05, 0) is 24.8 Å². The number of rotatable bonds is 6. The SMILES string of the molecule is C#Cc1nc(C(=O)N(c2cc(OC)cc(N3CCC3)c2)C2CCN(c3ncc(F)cn3)C2=O)cs1. The first-order valence-corrected chi connectivity index (χ1v) is 11.8. The average Bonchev–Trinajstić information content (AvgIpc) is 3.46. The van der Waals surface area contributed by atoms with Crippen LogP contribution in [0.15, 0.2) is 36.0 Å². The van der Waals surface area contributed by atoms with Gasteiger partial charge in [0, 0.05) is 42.8 Å². The Bertz CT molecular complexity index is 1320. The van der Waals surface area contributed by atoms with Gasteiger partial charge in [0.25, 0.3) is 11.8 Å². The second kappa shape index (κ2) is 9.31. The first-order chi connectivity index (χ1) is 17.0. The highest BCUT2D eigenvalue weighted by molar-refractivity contribution is 7.10. The number of amides is 2. The Kier molecular flexibility index (Phi) is 6.05. The molecule has 4 heterocycles. The van der Waals surface area contributed by atoms with E-state index >= 15 is 0 Å². The number of hydrogen-bond acceptors (Lipinski definition) is 8. The molecule has 2 amide bonds. The third-order valence-electron chi connectivity index (χ3n) is 6.01. The zero-order valence-corrected chi connectivity index (χ0v) is 19.7. The lowest BCUT2D eigenvalue weighted by Gasteiger charge is -2.35. The molecule has 2 fully saturated rings. The van der Waals surface area contributed by atoms with Crippen LogP contribution in [0.5, 0.6) is 5.75 Å². The van der Waals surface area contributed by atoms with Gasteiger partial charge >= 0.3 is 0 Å². The van der Waals surface area contributed by atoms with Crippen LogP contribution in [0.4, 0.5) is 21.7 Å². The van der Waals surface area contributed by atoms with E-state index in [-0.39, 0.29) is 24.1 Å². The quantitative estimate of drug-likeness (QED) is 0.489. The minimum atomic E-state index is -0.844. The molecular weight excluding hydrogens is 471 g/mol. The molecule has 0 aliphatic carbocycles. The molecule has 11 heteroatoms. The van der Waals surface area contributed by atoms with Crippen molar-refractivity contribution in [1.29, 1.82) is 0 Å². The fourth-order valence-corrected chi connectivity index (χ4v) is 4.73. The van der Waals surface area contributed by atoms with Crippen LogP contribution in [0.25, 0.3) is 0 Å². The van der Waals surface area contributed by atoms with Gasteiger partial charge in [0.15, 0.2) is 10.8 Å². The predicted molar refractivity (Wildman–Crippen MR) is 129 cm³/mol. The van der Waals surface area contributed by atoms with Crippen molar-refractivity contribution in [2.75, 3.05) is 41.4 Å². The van der Waals surface area contributed by atoms with Crippen LogP contribution in [0.3, 0.4) is 0 Å². The second-order valence-electron chi connectivity index (χ2n) is 8.08. The van der Waals surface area contributed by atoms with E-state index in [0.717, 1.165) is 37.6 Å². The topological polar surface area (TPSA) is 91.8 Å². The molecule has 0 saturated carbocycles. The van der Waals surface area contributed by atoms with Gasteiger partial charge in [-0.15, -0.1) is 17.8 Å². The van der Waals surface area contributed by atoms with Crippen molar-refractivity contribution in [2.24, 2.45) is 0 Å². The van der Waals surface area contributed by atoms with Crippen LogP contribution in [-0.4, -0.2) is 59.6 Å². The summed E-state index contributed by atoms with van der Waals surface area (Å²) in [4.78, 5) is 44.3. The molecule has 2 aromatic heterocycles. The van der Waals surface area contributed by atoms with Crippen LogP contribution in [0.1, 0.15) is 28.3 Å². The molecule has 0 radical (unpaired) electrons. The van der Waals surface area contributed by atoms with Gasteiger partial charge in [0.05, 0.1) is 25.2 Å². The number of halogens is 1. The number of ether oxygens (including phenoxy) is 1. The van der Waals surface area contributed by atoms with Gasteiger partial charge in [-0.3, -0.25) is 19.4 Å². The molecule has 5 rings (SSSR count). The minimum absolute atomic E-state index is 0.0847. The average molecular weight is 493 g/mol. The molecule has 0 N–H and O–H groups in total. The fourth-order valence-electron chi connectivity index (χ4n) is 4.13. The van der Waals surface area contributed by atoms with Crippen molar-refractivity contribution in [3.63, 3.8) is 0 Å². The summed E-state index contributed by atoms with van der Waals surface area (Å²) in [5.74, 6) is 1.66. The van der Waals surface area contributed by atoms with E-state index in [9.17, 15) is 14.0 Å². The van der Waals surface area contributed by atoms with Gasteiger partial charge in [0.1, 0.15) is 17.5 Å². The van der Waals surface area contributed by atoms with E-state index < -0.39 is 17.8 Å². The molecule has 3 aromatic rings. The van der Waals surface area contributed by atoms with Crippen LogP contribution >= 0.6 is 11.3 Å². The molecule has 178 valence electrons. The van der Waals surface area contributed by atoms with Crippen molar-refractivity contribution < 1.29 is 18.7 Å². The molecule has 1 aromatic carbocycles. The Morgan fingerprint density at radius 2 is 2.03 bits per heavy atom. The summed E-state index contributed by atoms with van der Waals surface area (Å²) in [5.41, 5.74) is 1.56. The molecule has 2 saturated heterocycles. The number of carbonyl (C=O) groups is 2. The summed E-state index contributed by atoms with van der Waals surface area (Å²) in [6, 6.07) is 4.65. The fraction of sp³-hybridized carbons (Fsp3) is 0.292. The van der Waals surface area contributed by atoms with E-state index in [4.69, 9.17) is 11.2 Å². The number of benzene rings is 1. The predicted octanol–water partition coefficient (Wildman–Crippen LogP) is 2.72. The highest BCUT2D eigenvalue weighted by atomic mass is 32.1. The Balaban J connectivity index is 1.55. The van der Waals surface area contributed by atoms with Crippen LogP contribution in [0, 0.1) is 18.2 Å².